The van der Waals surface area contributed by atoms with Gasteiger partial charge >= 0.3 is 0 Å². The number of aliphatic hydroxyl groups excluding tert-OH is 1. The van der Waals surface area contributed by atoms with E-state index in [1.165, 1.54) is 19.3 Å². The van der Waals surface area contributed by atoms with Gasteiger partial charge < -0.3 is 19.9 Å². The van der Waals surface area contributed by atoms with E-state index in [0.29, 0.717) is 19.3 Å². The molecule has 2 N–H and O–H groups in total. The molecule has 4 nitrogen and oxygen atoms in total. The monoisotopic (exact) mass is 217 g/mol. The maximum atomic E-state index is 9.37. The largest absolute Gasteiger partial charge is 0.389 e. The molecule has 1 saturated heterocycles. The van der Waals surface area contributed by atoms with E-state index in [1.54, 1.807) is 7.11 Å². The van der Waals surface area contributed by atoms with Gasteiger partial charge in [0.15, 0.2) is 0 Å². The summed E-state index contributed by atoms with van der Waals surface area (Å²) < 4.78 is 10.4. The van der Waals surface area contributed by atoms with Crippen molar-refractivity contribution in [2.24, 2.45) is 0 Å². The predicted octanol–water partition coefficient (Wildman–Crippen LogP) is 0.542. The molecule has 0 saturated carbocycles. The van der Waals surface area contributed by atoms with Gasteiger partial charge in [-0.05, 0) is 32.2 Å². The minimum absolute atomic E-state index is 0.396. The Kier molecular flexibility index (Phi) is 6.92. The van der Waals surface area contributed by atoms with Crippen molar-refractivity contribution in [1.29, 1.82) is 0 Å². The second-order valence-electron chi connectivity index (χ2n) is 4.09. The van der Waals surface area contributed by atoms with Crippen LogP contribution < -0.4 is 5.32 Å². The Bertz CT molecular complexity index is 149. The molecule has 0 spiro atoms. The van der Waals surface area contributed by atoms with Crippen LogP contribution in [0.25, 0.3) is 0 Å². The van der Waals surface area contributed by atoms with Crippen LogP contribution in [0, 0.1) is 0 Å². The number of hydrogen-bond acceptors (Lipinski definition) is 4. The molecule has 0 bridgehead atoms. The summed E-state index contributed by atoms with van der Waals surface area (Å²) in [7, 11) is 1.60. The van der Waals surface area contributed by atoms with Crippen molar-refractivity contribution < 1.29 is 14.6 Å². The second kappa shape index (κ2) is 8.05. The van der Waals surface area contributed by atoms with Gasteiger partial charge in [0, 0.05) is 20.3 Å². The summed E-state index contributed by atoms with van der Waals surface area (Å²) in [6, 6.07) is 0. The van der Waals surface area contributed by atoms with Crippen LogP contribution in [0.5, 0.6) is 0 Å². The van der Waals surface area contributed by atoms with Gasteiger partial charge in [-0.25, -0.2) is 0 Å². The Hall–Kier alpha value is -0.160. The summed E-state index contributed by atoms with van der Waals surface area (Å²) in [5.74, 6) is 0. The van der Waals surface area contributed by atoms with Crippen molar-refractivity contribution in [3.63, 3.8) is 0 Å². The maximum Gasteiger partial charge on any atom is 0.0897 e. The lowest BCUT2D eigenvalue weighted by molar-refractivity contribution is 0.0104. The van der Waals surface area contributed by atoms with Gasteiger partial charge in [-0.1, -0.05) is 0 Å². The lowest BCUT2D eigenvalue weighted by atomic mass is 10.1. The van der Waals surface area contributed by atoms with Gasteiger partial charge in [0.05, 0.1) is 18.8 Å². The van der Waals surface area contributed by atoms with Crippen molar-refractivity contribution in [3.05, 3.63) is 0 Å². The Balaban J connectivity index is 1.91. The highest BCUT2D eigenvalue weighted by Gasteiger charge is 2.13. The summed E-state index contributed by atoms with van der Waals surface area (Å²) in [5, 5.41) is 12.6. The number of hydrogen-bond donors (Lipinski definition) is 2. The van der Waals surface area contributed by atoms with E-state index in [2.05, 4.69) is 5.32 Å². The molecule has 0 aliphatic carbocycles. The average Bonchev–Trinajstić information content (AvgIpc) is 2.26. The van der Waals surface area contributed by atoms with E-state index in [1.807, 2.05) is 0 Å². The number of aliphatic hydroxyl groups is 1. The third kappa shape index (κ3) is 6.10. The van der Waals surface area contributed by atoms with Gasteiger partial charge in [0.1, 0.15) is 0 Å². The van der Waals surface area contributed by atoms with Crippen molar-refractivity contribution in [1.82, 2.24) is 5.32 Å². The van der Waals surface area contributed by atoms with Crippen LogP contribution in [0.15, 0.2) is 0 Å². The van der Waals surface area contributed by atoms with Gasteiger partial charge in [-0.3, -0.25) is 0 Å². The standard InChI is InChI=1S/C11H23NO3/c1-14-9-10(13)8-12-6-5-11-4-2-3-7-15-11/h10-13H,2-9H2,1H3. The molecule has 15 heavy (non-hydrogen) atoms. The SMILES string of the molecule is COCC(O)CNCCC1CCCCO1. The molecule has 0 aromatic heterocycles. The average molecular weight is 217 g/mol. The molecule has 1 rings (SSSR count). The van der Waals surface area contributed by atoms with Crippen LogP contribution in [0.4, 0.5) is 0 Å². The Morgan fingerprint density at radius 3 is 3.07 bits per heavy atom. The van der Waals surface area contributed by atoms with E-state index in [9.17, 15) is 5.11 Å². The van der Waals surface area contributed by atoms with Crippen molar-refractivity contribution in [2.45, 2.75) is 37.9 Å². The van der Waals surface area contributed by atoms with E-state index < -0.39 is 6.10 Å². The summed E-state index contributed by atoms with van der Waals surface area (Å²) in [5.41, 5.74) is 0. The quantitative estimate of drug-likeness (QED) is 0.611. The number of methoxy groups -OCH3 is 1. The Morgan fingerprint density at radius 2 is 2.40 bits per heavy atom. The highest BCUT2D eigenvalue weighted by Crippen LogP contribution is 2.14. The fourth-order valence-corrected chi connectivity index (χ4v) is 1.82. The van der Waals surface area contributed by atoms with Crippen LogP contribution >= 0.6 is 0 Å². The first-order valence-corrected chi connectivity index (χ1v) is 5.82. The van der Waals surface area contributed by atoms with Crippen molar-refractivity contribution in [3.8, 4) is 0 Å². The van der Waals surface area contributed by atoms with E-state index in [-0.39, 0.29) is 0 Å². The van der Waals surface area contributed by atoms with E-state index >= 15 is 0 Å². The van der Waals surface area contributed by atoms with Crippen LogP contribution in [0.2, 0.25) is 0 Å². The molecule has 0 aromatic carbocycles. The highest BCUT2D eigenvalue weighted by molar-refractivity contribution is 4.66. The number of nitrogens with one attached hydrogen (secondary N) is 1. The molecular weight excluding hydrogens is 194 g/mol. The van der Waals surface area contributed by atoms with E-state index in [0.717, 1.165) is 19.6 Å². The van der Waals surface area contributed by atoms with Crippen molar-refractivity contribution in [2.75, 3.05) is 33.4 Å². The molecule has 1 fully saturated rings. The van der Waals surface area contributed by atoms with Gasteiger partial charge in [-0.15, -0.1) is 0 Å². The van der Waals surface area contributed by atoms with Gasteiger partial charge in [0.25, 0.3) is 0 Å². The topological polar surface area (TPSA) is 50.7 Å². The first-order valence-electron chi connectivity index (χ1n) is 5.82. The molecule has 0 aromatic rings. The fourth-order valence-electron chi connectivity index (χ4n) is 1.82. The number of rotatable bonds is 7. The predicted molar refractivity (Wildman–Crippen MR) is 59.0 cm³/mol. The highest BCUT2D eigenvalue weighted by atomic mass is 16.5. The number of ether oxygens (including phenoxy) is 2. The third-order valence-electron chi connectivity index (χ3n) is 2.66. The zero-order chi connectivity index (χ0) is 10.9. The first kappa shape index (κ1) is 12.9. The molecule has 0 amide bonds. The maximum absolute atomic E-state index is 9.37. The molecule has 90 valence electrons. The second-order valence-corrected chi connectivity index (χ2v) is 4.09. The van der Waals surface area contributed by atoms with Gasteiger partial charge in [0.2, 0.25) is 0 Å². The van der Waals surface area contributed by atoms with Crippen LogP contribution in [0.3, 0.4) is 0 Å². The summed E-state index contributed by atoms with van der Waals surface area (Å²) in [6.45, 7) is 2.82. The molecule has 4 heteroatoms. The lowest BCUT2D eigenvalue weighted by Gasteiger charge is -2.22. The summed E-state index contributed by atoms with van der Waals surface area (Å²) in [4.78, 5) is 0. The Labute approximate surface area is 92.0 Å². The normalized spacial score (nSPS) is 24.0. The molecule has 1 aliphatic rings. The van der Waals surface area contributed by atoms with E-state index in [4.69, 9.17) is 9.47 Å². The smallest absolute Gasteiger partial charge is 0.0897 e. The van der Waals surface area contributed by atoms with Crippen LogP contribution in [0.1, 0.15) is 25.7 Å². The fraction of sp³-hybridized carbons (Fsp3) is 1.00. The minimum atomic E-state index is -0.401. The Morgan fingerprint density at radius 1 is 1.53 bits per heavy atom. The first-order chi connectivity index (χ1) is 7.33. The summed E-state index contributed by atoms with van der Waals surface area (Å²) >= 11 is 0. The van der Waals surface area contributed by atoms with Crippen LogP contribution in [-0.4, -0.2) is 50.7 Å². The molecule has 2 unspecified atom stereocenters. The molecular formula is C11H23NO3. The third-order valence-corrected chi connectivity index (χ3v) is 2.66. The minimum Gasteiger partial charge on any atom is -0.389 e. The van der Waals surface area contributed by atoms with Crippen molar-refractivity contribution >= 4 is 0 Å². The van der Waals surface area contributed by atoms with Gasteiger partial charge in [-0.2, -0.15) is 0 Å². The molecule has 1 heterocycles. The lowest BCUT2D eigenvalue weighted by Crippen LogP contribution is -2.32. The molecule has 2 atom stereocenters. The zero-order valence-electron chi connectivity index (χ0n) is 9.58. The summed E-state index contributed by atoms with van der Waals surface area (Å²) in [6.07, 6.45) is 4.74. The molecule has 0 radical (unpaired) electrons. The van der Waals surface area contributed by atoms with Crippen LogP contribution in [-0.2, 0) is 9.47 Å². The zero-order valence-corrected chi connectivity index (χ0v) is 9.58. The molecule has 1 aliphatic heterocycles.